The Morgan fingerprint density at radius 3 is 2.59 bits per heavy atom. The van der Waals surface area contributed by atoms with Crippen LogP contribution < -0.4 is 10.5 Å². The molecule has 0 radical (unpaired) electrons. The van der Waals surface area contributed by atoms with Crippen molar-refractivity contribution in [3.05, 3.63) is 51.5 Å². The van der Waals surface area contributed by atoms with E-state index < -0.39 is 0 Å². The summed E-state index contributed by atoms with van der Waals surface area (Å²) in [5.41, 5.74) is 4.06. The number of anilines is 1. The molecule has 0 bridgehead atoms. The van der Waals surface area contributed by atoms with Crippen molar-refractivity contribution in [1.82, 2.24) is 19.4 Å². The quantitative estimate of drug-likeness (QED) is 0.665. The number of hydrogen-bond donors (Lipinski definition) is 0. The van der Waals surface area contributed by atoms with E-state index in [1.807, 2.05) is 27.7 Å². The Morgan fingerprint density at radius 2 is 1.86 bits per heavy atom. The summed E-state index contributed by atoms with van der Waals surface area (Å²) in [4.78, 5) is 38.2. The van der Waals surface area contributed by atoms with E-state index in [2.05, 4.69) is 14.9 Å². The fraction of sp³-hybridized carbons (Fsp3) is 0.429. The third-order valence-corrected chi connectivity index (χ3v) is 6.66. The lowest BCUT2D eigenvalue weighted by molar-refractivity contribution is 0.0741. The van der Waals surface area contributed by atoms with Gasteiger partial charge in [-0.25, -0.2) is 9.97 Å². The lowest BCUT2D eigenvalue weighted by Crippen LogP contribution is -2.48. The summed E-state index contributed by atoms with van der Waals surface area (Å²) >= 11 is 1.44. The second kappa shape index (κ2) is 7.59. The molecule has 29 heavy (non-hydrogen) atoms. The molecule has 0 spiro atoms. The number of benzene rings is 1. The van der Waals surface area contributed by atoms with Gasteiger partial charge in [0, 0.05) is 43.3 Å². The summed E-state index contributed by atoms with van der Waals surface area (Å²) in [5, 5.41) is 2.47. The molecule has 2 fully saturated rings. The molecule has 2 aliphatic rings. The molecule has 0 N–H and O–H groups in total. The SMILES string of the molecule is O=C(c1cscn1)N1CCN(c2ccc3c(=O)n(C4CCCC4)cnc3c2)CC1. The van der Waals surface area contributed by atoms with Crippen molar-refractivity contribution in [2.45, 2.75) is 31.7 Å². The van der Waals surface area contributed by atoms with Crippen LogP contribution in [0.25, 0.3) is 10.9 Å². The zero-order valence-corrected chi connectivity index (χ0v) is 17.0. The third-order valence-electron chi connectivity index (χ3n) is 6.07. The second-order valence-corrected chi connectivity index (χ2v) is 8.47. The lowest BCUT2D eigenvalue weighted by Gasteiger charge is -2.35. The van der Waals surface area contributed by atoms with E-state index in [1.165, 1.54) is 24.2 Å². The van der Waals surface area contributed by atoms with E-state index in [0.29, 0.717) is 30.2 Å². The van der Waals surface area contributed by atoms with Crippen LogP contribution in [-0.4, -0.2) is 51.5 Å². The van der Waals surface area contributed by atoms with Gasteiger partial charge < -0.3 is 9.80 Å². The number of hydrogen-bond acceptors (Lipinski definition) is 6. The number of carbonyl (C=O) groups is 1. The van der Waals surface area contributed by atoms with Crippen molar-refractivity contribution in [2.75, 3.05) is 31.1 Å². The van der Waals surface area contributed by atoms with Gasteiger partial charge in [-0.1, -0.05) is 12.8 Å². The molecule has 150 valence electrons. The van der Waals surface area contributed by atoms with Crippen LogP contribution in [-0.2, 0) is 0 Å². The number of amides is 1. The van der Waals surface area contributed by atoms with Gasteiger partial charge in [-0.2, -0.15) is 0 Å². The van der Waals surface area contributed by atoms with Gasteiger partial charge in [0.2, 0.25) is 0 Å². The zero-order chi connectivity index (χ0) is 19.8. The molecule has 1 amide bonds. The standard InChI is InChI=1S/C21H23N5O2S/c27-20-17-6-5-16(11-18(17)22-13-26(20)15-3-1-2-4-15)24-7-9-25(10-8-24)21(28)19-12-29-14-23-19/h5-6,11-15H,1-4,7-10H2. The number of carbonyl (C=O) groups excluding carboxylic acids is 1. The van der Waals surface area contributed by atoms with E-state index in [-0.39, 0.29) is 11.5 Å². The van der Waals surface area contributed by atoms with Crippen molar-refractivity contribution < 1.29 is 4.79 Å². The molecule has 1 aliphatic carbocycles. The number of aromatic nitrogens is 3. The minimum atomic E-state index is -0.00135. The fourth-order valence-corrected chi connectivity index (χ4v) is 4.94. The molecule has 0 unspecified atom stereocenters. The summed E-state index contributed by atoms with van der Waals surface area (Å²) in [6.07, 6.45) is 6.22. The predicted molar refractivity (Wildman–Crippen MR) is 114 cm³/mol. The Balaban J connectivity index is 1.33. The first kappa shape index (κ1) is 18.3. The highest BCUT2D eigenvalue weighted by atomic mass is 32.1. The van der Waals surface area contributed by atoms with E-state index in [1.54, 1.807) is 17.2 Å². The predicted octanol–water partition coefficient (Wildman–Crippen LogP) is 2.93. The highest BCUT2D eigenvalue weighted by Crippen LogP contribution is 2.28. The van der Waals surface area contributed by atoms with Crippen molar-refractivity contribution in [3.63, 3.8) is 0 Å². The van der Waals surface area contributed by atoms with Crippen molar-refractivity contribution in [1.29, 1.82) is 0 Å². The van der Waals surface area contributed by atoms with Gasteiger partial charge in [-0.05, 0) is 31.0 Å². The van der Waals surface area contributed by atoms with Gasteiger partial charge in [0.05, 0.1) is 22.7 Å². The Bertz CT molecular complexity index is 1080. The van der Waals surface area contributed by atoms with E-state index in [4.69, 9.17) is 0 Å². The molecule has 1 aromatic carbocycles. The Labute approximate surface area is 172 Å². The summed E-state index contributed by atoms with van der Waals surface area (Å²) in [6, 6.07) is 6.19. The molecule has 1 saturated heterocycles. The van der Waals surface area contributed by atoms with Crippen LogP contribution >= 0.6 is 11.3 Å². The summed E-state index contributed by atoms with van der Waals surface area (Å²) in [5.74, 6) is -0.00135. The molecular weight excluding hydrogens is 386 g/mol. The maximum atomic E-state index is 12.9. The summed E-state index contributed by atoms with van der Waals surface area (Å²) < 4.78 is 1.82. The van der Waals surface area contributed by atoms with Crippen LogP contribution in [0.1, 0.15) is 42.2 Å². The Morgan fingerprint density at radius 1 is 1.07 bits per heavy atom. The maximum Gasteiger partial charge on any atom is 0.273 e. The number of thiazole rings is 1. The Kier molecular flexibility index (Phi) is 4.79. The van der Waals surface area contributed by atoms with E-state index in [9.17, 15) is 9.59 Å². The number of nitrogens with zero attached hydrogens (tertiary/aromatic N) is 5. The maximum absolute atomic E-state index is 12.9. The van der Waals surface area contributed by atoms with E-state index in [0.717, 1.165) is 37.1 Å². The molecule has 1 aliphatic heterocycles. The number of fused-ring (bicyclic) bond motifs is 1. The molecule has 3 heterocycles. The van der Waals surface area contributed by atoms with Gasteiger partial charge in [0.25, 0.3) is 11.5 Å². The minimum Gasteiger partial charge on any atom is -0.368 e. The van der Waals surface area contributed by atoms with Gasteiger partial charge in [-0.3, -0.25) is 14.2 Å². The number of rotatable bonds is 3. The topological polar surface area (TPSA) is 71.3 Å². The zero-order valence-electron chi connectivity index (χ0n) is 16.2. The fourth-order valence-electron chi connectivity index (χ4n) is 4.41. The van der Waals surface area contributed by atoms with Crippen LogP contribution in [0, 0.1) is 0 Å². The van der Waals surface area contributed by atoms with E-state index >= 15 is 0 Å². The van der Waals surface area contributed by atoms with Crippen LogP contribution in [0.5, 0.6) is 0 Å². The van der Waals surface area contributed by atoms with Crippen LogP contribution in [0.3, 0.4) is 0 Å². The first-order valence-corrected chi connectivity index (χ1v) is 11.1. The summed E-state index contributed by atoms with van der Waals surface area (Å²) in [7, 11) is 0. The highest BCUT2D eigenvalue weighted by Gasteiger charge is 2.24. The number of piperazine rings is 1. The highest BCUT2D eigenvalue weighted by molar-refractivity contribution is 7.07. The van der Waals surface area contributed by atoms with Gasteiger partial charge in [0.1, 0.15) is 5.69 Å². The first-order chi connectivity index (χ1) is 14.2. The van der Waals surface area contributed by atoms with Crippen molar-refractivity contribution >= 4 is 33.8 Å². The molecule has 3 aromatic rings. The monoisotopic (exact) mass is 409 g/mol. The minimum absolute atomic E-state index is 0.00135. The molecule has 0 atom stereocenters. The molecular formula is C21H23N5O2S. The third kappa shape index (κ3) is 3.42. The molecule has 5 rings (SSSR count). The Hall–Kier alpha value is -2.74. The largest absolute Gasteiger partial charge is 0.368 e. The van der Waals surface area contributed by atoms with Crippen molar-refractivity contribution in [2.24, 2.45) is 0 Å². The average Bonchev–Trinajstić information content (AvgIpc) is 3.48. The summed E-state index contributed by atoms with van der Waals surface area (Å²) in [6.45, 7) is 2.82. The molecule has 8 heteroatoms. The lowest BCUT2D eigenvalue weighted by atomic mass is 10.1. The van der Waals surface area contributed by atoms with Crippen molar-refractivity contribution in [3.8, 4) is 0 Å². The van der Waals surface area contributed by atoms with Gasteiger partial charge in [-0.15, -0.1) is 11.3 Å². The molecule has 1 saturated carbocycles. The molecule has 2 aromatic heterocycles. The van der Waals surface area contributed by atoms with Crippen LogP contribution in [0.15, 0.2) is 40.2 Å². The normalized spacial score (nSPS) is 17.9. The van der Waals surface area contributed by atoms with Gasteiger partial charge >= 0.3 is 0 Å². The molecule has 7 nitrogen and oxygen atoms in total. The first-order valence-electron chi connectivity index (χ1n) is 10.1. The van der Waals surface area contributed by atoms with Crippen LogP contribution in [0.4, 0.5) is 5.69 Å². The second-order valence-electron chi connectivity index (χ2n) is 7.75. The van der Waals surface area contributed by atoms with Crippen LogP contribution in [0.2, 0.25) is 0 Å². The average molecular weight is 410 g/mol. The van der Waals surface area contributed by atoms with Gasteiger partial charge in [0.15, 0.2) is 0 Å². The smallest absolute Gasteiger partial charge is 0.273 e.